The summed E-state index contributed by atoms with van der Waals surface area (Å²) in [6, 6.07) is 15.8. The van der Waals surface area contributed by atoms with Crippen molar-refractivity contribution in [3.63, 3.8) is 0 Å². The normalized spacial score (nSPS) is 10.3. The van der Waals surface area contributed by atoms with E-state index in [1.54, 1.807) is 0 Å². The van der Waals surface area contributed by atoms with Gasteiger partial charge >= 0.3 is 0 Å². The van der Waals surface area contributed by atoms with E-state index in [9.17, 15) is 4.79 Å². The topological polar surface area (TPSA) is 20.3 Å². The molecule has 2 nitrogen and oxygen atoms in total. The third-order valence-corrected chi connectivity index (χ3v) is 3.30. The Labute approximate surface area is 114 Å². The summed E-state index contributed by atoms with van der Waals surface area (Å²) < 4.78 is 0. The van der Waals surface area contributed by atoms with Crippen LogP contribution in [0.3, 0.4) is 0 Å². The summed E-state index contributed by atoms with van der Waals surface area (Å²) in [5.74, 6) is 0.165. The zero-order valence-corrected chi connectivity index (χ0v) is 11.7. The molecule has 0 fully saturated rings. The summed E-state index contributed by atoms with van der Waals surface area (Å²) in [6.07, 6.45) is 0.462. The minimum absolute atomic E-state index is 0.165. The minimum Gasteiger partial charge on any atom is -0.378 e. The van der Waals surface area contributed by atoms with Crippen LogP contribution in [-0.4, -0.2) is 19.9 Å². The molecular formula is C17H19NO. The molecule has 0 saturated heterocycles. The predicted octanol–water partition coefficient (Wildman–Crippen LogP) is 3.49. The number of ketones is 1. The third kappa shape index (κ3) is 3.22. The molecule has 0 aliphatic heterocycles. The summed E-state index contributed by atoms with van der Waals surface area (Å²) >= 11 is 0. The lowest BCUT2D eigenvalue weighted by Gasteiger charge is -2.13. The molecule has 0 amide bonds. The molecule has 0 saturated carbocycles. The lowest BCUT2D eigenvalue weighted by atomic mass is 9.99. The molecular weight excluding hydrogens is 234 g/mol. The number of hydrogen-bond acceptors (Lipinski definition) is 2. The van der Waals surface area contributed by atoms with Gasteiger partial charge < -0.3 is 4.90 Å². The van der Waals surface area contributed by atoms with Crippen LogP contribution >= 0.6 is 0 Å². The van der Waals surface area contributed by atoms with Gasteiger partial charge in [0, 0.05) is 31.8 Å². The van der Waals surface area contributed by atoms with Crippen LogP contribution in [-0.2, 0) is 6.42 Å². The fourth-order valence-corrected chi connectivity index (χ4v) is 2.04. The number of Topliss-reactive ketones (excluding diaryl/α,β-unsaturated/α-hetero) is 1. The Bertz CT molecular complexity index is 587. The summed E-state index contributed by atoms with van der Waals surface area (Å²) in [4.78, 5) is 14.3. The first-order chi connectivity index (χ1) is 9.08. The smallest absolute Gasteiger partial charge is 0.167 e. The van der Waals surface area contributed by atoms with Crippen molar-refractivity contribution >= 4 is 11.5 Å². The number of hydrogen-bond donors (Lipinski definition) is 0. The van der Waals surface area contributed by atoms with E-state index < -0.39 is 0 Å². The van der Waals surface area contributed by atoms with Crippen LogP contribution in [0.2, 0.25) is 0 Å². The molecule has 19 heavy (non-hydrogen) atoms. The fourth-order valence-electron chi connectivity index (χ4n) is 2.04. The van der Waals surface area contributed by atoms with Crippen molar-refractivity contribution in [1.29, 1.82) is 0 Å². The Morgan fingerprint density at radius 1 is 1.05 bits per heavy atom. The molecule has 98 valence electrons. The van der Waals surface area contributed by atoms with E-state index in [2.05, 4.69) is 0 Å². The van der Waals surface area contributed by atoms with Crippen molar-refractivity contribution in [3.8, 4) is 0 Å². The molecule has 2 aromatic carbocycles. The number of carbonyl (C=O) groups excluding carboxylic acids is 1. The van der Waals surface area contributed by atoms with Gasteiger partial charge in [-0.2, -0.15) is 0 Å². The number of carbonyl (C=O) groups is 1. The molecule has 0 aromatic heterocycles. The summed E-state index contributed by atoms with van der Waals surface area (Å²) in [5.41, 5.74) is 4.09. The van der Waals surface area contributed by atoms with Crippen LogP contribution in [0.15, 0.2) is 48.5 Å². The first kappa shape index (κ1) is 13.3. The summed E-state index contributed by atoms with van der Waals surface area (Å²) in [6.45, 7) is 2.04. The van der Waals surface area contributed by atoms with E-state index in [-0.39, 0.29) is 5.78 Å². The maximum atomic E-state index is 12.3. The summed E-state index contributed by atoms with van der Waals surface area (Å²) in [5, 5.41) is 0. The Balaban J connectivity index is 2.21. The number of rotatable bonds is 4. The van der Waals surface area contributed by atoms with Gasteiger partial charge in [0.2, 0.25) is 0 Å². The molecule has 0 N–H and O–H groups in total. The van der Waals surface area contributed by atoms with Gasteiger partial charge in [-0.05, 0) is 30.2 Å². The second-order valence-corrected chi connectivity index (χ2v) is 4.97. The highest BCUT2D eigenvalue weighted by atomic mass is 16.1. The zero-order chi connectivity index (χ0) is 13.8. The molecule has 0 spiro atoms. The van der Waals surface area contributed by atoms with E-state index >= 15 is 0 Å². The molecule has 0 unspecified atom stereocenters. The quantitative estimate of drug-likeness (QED) is 0.777. The Kier molecular flexibility index (Phi) is 4.00. The van der Waals surface area contributed by atoms with Gasteiger partial charge in [0.1, 0.15) is 0 Å². The molecule has 0 aliphatic rings. The average Bonchev–Trinajstić information content (AvgIpc) is 2.41. The lowest BCUT2D eigenvalue weighted by molar-refractivity contribution is 0.0993. The Hall–Kier alpha value is -2.09. The Morgan fingerprint density at radius 3 is 2.47 bits per heavy atom. The van der Waals surface area contributed by atoms with Gasteiger partial charge in [-0.15, -0.1) is 0 Å². The monoisotopic (exact) mass is 253 g/mol. The van der Waals surface area contributed by atoms with Gasteiger partial charge in [-0.3, -0.25) is 4.79 Å². The molecule has 2 heteroatoms. The van der Waals surface area contributed by atoms with Crippen molar-refractivity contribution in [1.82, 2.24) is 0 Å². The van der Waals surface area contributed by atoms with Gasteiger partial charge in [0.05, 0.1) is 0 Å². The van der Waals surface area contributed by atoms with Crippen molar-refractivity contribution in [2.45, 2.75) is 13.3 Å². The highest BCUT2D eigenvalue weighted by molar-refractivity contribution is 5.98. The maximum absolute atomic E-state index is 12.3. The van der Waals surface area contributed by atoms with Gasteiger partial charge in [-0.1, -0.05) is 36.4 Å². The standard InChI is InChI=1S/C17H19NO/c1-13-7-4-5-8-14(13)12-17(19)15-9-6-10-16(11-15)18(2)3/h4-11H,12H2,1-3H3. The fraction of sp³-hybridized carbons (Fsp3) is 0.235. The predicted molar refractivity (Wildman–Crippen MR) is 80.0 cm³/mol. The van der Waals surface area contributed by atoms with E-state index in [1.807, 2.05) is 74.4 Å². The second-order valence-electron chi connectivity index (χ2n) is 4.97. The largest absolute Gasteiger partial charge is 0.378 e. The average molecular weight is 253 g/mol. The first-order valence-electron chi connectivity index (χ1n) is 6.43. The van der Waals surface area contributed by atoms with Gasteiger partial charge in [-0.25, -0.2) is 0 Å². The van der Waals surface area contributed by atoms with Crippen molar-refractivity contribution in [3.05, 3.63) is 65.2 Å². The van der Waals surface area contributed by atoms with Crippen LogP contribution in [0.1, 0.15) is 21.5 Å². The van der Waals surface area contributed by atoms with E-state index in [1.165, 1.54) is 5.56 Å². The van der Waals surface area contributed by atoms with Crippen LogP contribution in [0.5, 0.6) is 0 Å². The number of aryl methyl sites for hydroxylation is 1. The molecule has 0 aliphatic carbocycles. The second kappa shape index (κ2) is 5.70. The molecule has 0 atom stereocenters. The highest BCUT2D eigenvalue weighted by Gasteiger charge is 2.09. The third-order valence-electron chi connectivity index (χ3n) is 3.30. The number of benzene rings is 2. The van der Waals surface area contributed by atoms with Crippen molar-refractivity contribution in [2.24, 2.45) is 0 Å². The molecule has 0 bridgehead atoms. The molecule has 0 radical (unpaired) electrons. The van der Waals surface area contributed by atoms with E-state index in [4.69, 9.17) is 0 Å². The van der Waals surface area contributed by atoms with Crippen molar-refractivity contribution in [2.75, 3.05) is 19.0 Å². The highest BCUT2D eigenvalue weighted by Crippen LogP contribution is 2.16. The SMILES string of the molecule is Cc1ccccc1CC(=O)c1cccc(N(C)C)c1. The van der Waals surface area contributed by atoms with Gasteiger partial charge in [0.15, 0.2) is 5.78 Å². The number of anilines is 1. The van der Waals surface area contributed by atoms with Crippen molar-refractivity contribution < 1.29 is 4.79 Å². The summed E-state index contributed by atoms with van der Waals surface area (Å²) in [7, 11) is 3.95. The molecule has 2 rings (SSSR count). The first-order valence-corrected chi connectivity index (χ1v) is 6.43. The zero-order valence-electron chi connectivity index (χ0n) is 11.7. The van der Waals surface area contributed by atoms with E-state index in [0.29, 0.717) is 6.42 Å². The minimum atomic E-state index is 0.165. The van der Waals surface area contributed by atoms with Crippen LogP contribution in [0, 0.1) is 6.92 Å². The number of nitrogens with zero attached hydrogens (tertiary/aromatic N) is 1. The van der Waals surface area contributed by atoms with Gasteiger partial charge in [0.25, 0.3) is 0 Å². The Morgan fingerprint density at radius 2 is 1.79 bits per heavy atom. The van der Waals surface area contributed by atoms with Crippen LogP contribution < -0.4 is 4.90 Å². The van der Waals surface area contributed by atoms with Crippen LogP contribution in [0.25, 0.3) is 0 Å². The maximum Gasteiger partial charge on any atom is 0.167 e. The molecule has 0 heterocycles. The lowest BCUT2D eigenvalue weighted by Crippen LogP contribution is -2.10. The molecule has 2 aromatic rings. The van der Waals surface area contributed by atoms with Crippen LogP contribution in [0.4, 0.5) is 5.69 Å². The van der Waals surface area contributed by atoms with E-state index in [0.717, 1.165) is 16.8 Å².